The van der Waals surface area contributed by atoms with Crippen LogP contribution < -0.4 is 10.0 Å². The largest absolute Gasteiger partial charge is 0.350 e. The molecule has 0 saturated heterocycles. The van der Waals surface area contributed by atoms with Gasteiger partial charge in [-0.2, -0.15) is 4.72 Å². The number of amides is 1. The average molecular weight is 353 g/mol. The van der Waals surface area contributed by atoms with E-state index in [9.17, 15) is 13.2 Å². The summed E-state index contributed by atoms with van der Waals surface area (Å²) in [7, 11) is -3.85. The molecule has 1 atom stereocenters. The van der Waals surface area contributed by atoms with Crippen LogP contribution in [-0.2, 0) is 14.8 Å². The van der Waals surface area contributed by atoms with Crippen LogP contribution in [0, 0.1) is 0 Å². The van der Waals surface area contributed by atoms with Gasteiger partial charge in [0.05, 0.1) is 21.0 Å². The molecule has 0 aliphatic heterocycles. The smallest absolute Gasteiger partial charge is 0.241 e. The molecule has 1 aromatic rings. The van der Waals surface area contributed by atoms with Crippen molar-refractivity contribution < 1.29 is 13.2 Å². The van der Waals surface area contributed by atoms with Crippen LogP contribution in [0.25, 0.3) is 0 Å². The minimum absolute atomic E-state index is 0.0488. The fourth-order valence-corrected chi connectivity index (χ4v) is 3.07. The van der Waals surface area contributed by atoms with E-state index in [1.54, 1.807) is 0 Å². The summed E-state index contributed by atoms with van der Waals surface area (Å²) in [4.78, 5) is 11.9. The fourth-order valence-electron chi connectivity index (χ4n) is 1.48. The average Bonchev–Trinajstić information content (AvgIpc) is 2.29. The van der Waals surface area contributed by atoms with Crippen molar-refractivity contribution in [1.29, 1.82) is 0 Å². The third-order valence-electron chi connectivity index (χ3n) is 2.42. The number of hydrogen-bond acceptors (Lipinski definition) is 3. The Hall–Kier alpha value is -0.820. The summed E-state index contributed by atoms with van der Waals surface area (Å²) in [6, 6.07) is 3.04. The second kappa shape index (κ2) is 6.52. The number of carbonyl (C=O) groups is 1. The van der Waals surface area contributed by atoms with Gasteiger partial charge in [0, 0.05) is 5.54 Å². The Balaban J connectivity index is 2.89. The molecule has 1 unspecified atom stereocenters. The highest BCUT2D eigenvalue weighted by Gasteiger charge is 2.25. The Kier molecular flexibility index (Phi) is 5.66. The first-order valence-corrected chi connectivity index (χ1v) is 8.46. The Bertz CT molecular complexity index is 639. The molecule has 1 rings (SSSR count). The molecule has 0 aliphatic carbocycles. The van der Waals surface area contributed by atoms with Crippen LogP contribution in [0.15, 0.2) is 23.1 Å². The van der Waals surface area contributed by atoms with E-state index >= 15 is 0 Å². The van der Waals surface area contributed by atoms with Gasteiger partial charge < -0.3 is 5.32 Å². The van der Waals surface area contributed by atoms with E-state index in [-0.39, 0.29) is 14.9 Å². The highest BCUT2D eigenvalue weighted by Crippen LogP contribution is 2.24. The molecule has 21 heavy (non-hydrogen) atoms. The fraction of sp³-hybridized carbons (Fsp3) is 0.462. The number of sulfonamides is 1. The van der Waals surface area contributed by atoms with Crippen LogP contribution in [0.3, 0.4) is 0 Å². The number of benzene rings is 1. The molecule has 0 fully saturated rings. The standard InChI is InChI=1S/C13H18Cl2N2O3S/c1-8(12(18)16-13(2,3)4)17-21(19,20)9-5-6-10(14)11(15)7-9/h5-8,17H,1-4H3,(H,16,18). The number of rotatable bonds is 4. The lowest BCUT2D eigenvalue weighted by atomic mass is 10.1. The number of carbonyl (C=O) groups excluding carboxylic acids is 1. The van der Waals surface area contributed by atoms with Gasteiger partial charge in [-0.3, -0.25) is 4.79 Å². The van der Waals surface area contributed by atoms with Crippen molar-refractivity contribution in [2.45, 2.75) is 44.2 Å². The SMILES string of the molecule is CC(NS(=O)(=O)c1ccc(Cl)c(Cl)c1)C(=O)NC(C)(C)C. The maximum Gasteiger partial charge on any atom is 0.241 e. The summed E-state index contributed by atoms with van der Waals surface area (Å²) in [6.07, 6.45) is 0. The third kappa shape index (κ3) is 5.47. The molecule has 0 heterocycles. The minimum Gasteiger partial charge on any atom is -0.350 e. The van der Waals surface area contributed by atoms with Crippen molar-refractivity contribution >= 4 is 39.1 Å². The minimum atomic E-state index is -3.85. The zero-order valence-corrected chi connectivity index (χ0v) is 14.5. The highest BCUT2D eigenvalue weighted by molar-refractivity contribution is 7.89. The van der Waals surface area contributed by atoms with Gasteiger partial charge in [0.15, 0.2) is 0 Å². The van der Waals surface area contributed by atoms with Gasteiger partial charge >= 0.3 is 0 Å². The molecule has 0 saturated carbocycles. The van der Waals surface area contributed by atoms with E-state index in [4.69, 9.17) is 23.2 Å². The maximum atomic E-state index is 12.2. The second-order valence-corrected chi connectivity index (χ2v) is 8.19. The van der Waals surface area contributed by atoms with Gasteiger partial charge in [-0.05, 0) is 45.9 Å². The van der Waals surface area contributed by atoms with Crippen molar-refractivity contribution in [2.24, 2.45) is 0 Å². The molecule has 0 spiro atoms. The molecule has 2 N–H and O–H groups in total. The Morgan fingerprint density at radius 3 is 2.24 bits per heavy atom. The molecule has 0 aliphatic rings. The number of halogens is 2. The van der Waals surface area contributed by atoms with Gasteiger partial charge in [-0.1, -0.05) is 23.2 Å². The summed E-state index contributed by atoms with van der Waals surface area (Å²) in [5.74, 6) is -0.411. The van der Waals surface area contributed by atoms with Crippen LogP contribution in [0.1, 0.15) is 27.7 Å². The van der Waals surface area contributed by atoms with Crippen molar-refractivity contribution in [3.05, 3.63) is 28.2 Å². The summed E-state index contributed by atoms with van der Waals surface area (Å²) < 4.78 is 26.7. The Morgan fingerprint density at radius 1 is 1.19 bits per heavy atom. The number of nitrogens with one attached hydrogen (secondary N) is 2. The van der Waals surface area contributed by atoms with E-state index in [0.29, 0.717) is 0 Å². The lowest BCUT2D eigenvalue weighted by Gasteiger charge is -2.23. The summed E-state index contributed by atoms with van der Waals surface area (Å²) in [6.45, 7) is 6.90. The molecule has 1 aromatic carbocycles. The quantitative estimate of drug-likeness (QED) is 0.874. The predicted octanol–water partition coefficient (Wildman–Crippen LogP) is 2.57. The summed E-state index contributed by atoms with van der Waals surface area (Å²) in [5, 5.41) is 3.09. The van der Waals surface area contributed by atoms with E-state index < -0.39 is 27.5 Å². The van der Waals surface area contributed by atoms with Crippen LogP contribution in [0.4, 0.5) is 0 Å². The first-order chi connectivity index (χ1) is 9.42. The normalized spacial score (nSPS) is 13.8. The maximum absolute atomic E-state index is 12.2. The highest BCUT2D eigenvalue weighted by atomic mass is 35.5. The van der Waals surface area contributed by atoms with E-state index in [2.05, 4.69) is 10.0 Å². The monoisotopic (exact) mass is 352 g/mol. The van der Waals surface area contributed by atoms with E-state index in [1.165, 1.54) is 25.1 Å². The van der Waals surface area contributed by atoms with Crippen molar-refractivity contribution in [3.8, 4) is 0 Å². The lowest BCUT2D eigenvalue weighted by molar-refractivity contribution is -0.123. The van der Waals surface area contributed by atoms with Crippen molar-refractivity contribution in [1.82, 2.24) is 10.0 Å². The van der Waals surface area contributed by atoms with Gasteiger partial charge in [0.2, 0.25) is 15.9 Å². The molecule has 8 heteroatoms. The molecule has 0 bridgehead atoms. The molecule has 1 amide bonds. The van der Waals surface area contributed by atoms with Gasteiger partial charge in [-0.25, -0.2) is 8.42 Å². The van der Waals surface area contributed by atoms with Gasteiger partial charge in [0.1, 0.15) is 0 Å². The van der Waals surface area contributed by atoms with Crippen molar-refractivity contribution in [3.63, 3.8) is 0 Å². The Morgan fingerprint density at radius 2 is 1.76 bits per heavy atom. The Labute approximate surface area is 135 Å². The van der Waals surface area contributed by atoms with E-state index in [0.717, 1.165) is 0 Å². The molecule has 0 radical (unpaired) electrons. The first-order valence-electron chi connectivity index (χ1n) is 6.22. The molecule has 5 nitrogen and oxygen atoms in total. The van der Waals surface area contributed by atoms with Crippen LogP contribution in [0.5, 0.6) is 0 Å². The summed E-state index contributed by atoms with van der Waals surface area (Å²) >= 11 is 11.6. The zero-order chi connectivity index (χ0) is 16.4. The molecule has 0 aromatic heterocycles. The predicted molar refractivity (Wildman–Crippen MR) is 84.1 cm³/mol. The van der Waals surface area contributed by atoms with Crippen LogP contribution in [-0.4, -0.2) is 25.9 Å². The molecular formula is C13H18Cl2N2O3S. The summed E-state index contributed by atoms with van der Waals surface area (Å²) in [5.41, 5.74) is -0.444. The third-order valence-corrected chi connectivity index (χ3v) is 4.70. The molecular weight excluding hydrogens is 335 g/mol. The van der Waals surface area contributed by atoms with Gasteiger partial charge in [0.25, 0.3) is 0 Å². The topological polar surface area (TPSA) is 75.3 Å². The van der Waals surface area contributed by atoms with Crippen LogP contribution >= 0.6 is 23.2 Å². The van der Waals surface area contributed by atoms with E-state index in [1.807, 2.05) is 20.8 Å². The zero-order valence-electron chi connectivity index (χ0n) is 12.2. The second-order valence-electron chi connectivity index (χ2n) is 5.66. The lowest BCUT2D eigenvalue weighted by Crippen LogP contribution is -2.50. The molecule has 118 valence electrons. The van der Waals surface area contributed by atoms with Crippen LogP contribution in [0.2, 0.25) is 10.0 Å². The van der Waals surface area contributed by atoms with Crippen molar-refractivity contribution in [2.75, 3.05) is 0 Å². The van der Waals surface area contributed by atoms with Gasteiger partial charge in [-0.15, -0.1) is 0 Å². The first kappa shape index (κ1) is 18.2. The number of hydrogen-bond donors (Lipinski definition) is 2.